The van der Waals surface area contributed by atoms with Crippen molar-refractivity contribution in [3.8, 4) is 5.75 Å². The lowest BCUT2D eigenvalue weighted by atomic mass is 10.1. The molecule has 0 aliphatic heterocycles. The van der Waals surface area contributed by atoms with Crippen molar-refractivity contribution in [3.63, 3.8) is 0 Å². The number of benzene rings is 1. The van der Waals surface area contributed by atoms with E-state index >= 15 is 0 Å². The minimum atomic E-state index is 0.0149. The molecule has 0 unspecified atom stereocenters. The van der Waals surface area contributed by atoms with Crippen LogP contribution in [-0.2, 0) is 16.0 Å². The van der Waals surface area contributed by atoms with Gasteiger partial charge in [-0.25, -0.2) is 0 Å². The first-order chi connectivity index (χ1) is 9.77. The Hall–Kier alpha value is -1.59. The van der Waals surface area contributed by atoms with E-state index in [4.69, 9.17) is 9.47 Å². The molecule has 1 amide bonds. The Morgan fingerprint density at radius 1 is 1.20 bits per heavy atom. The molecule has 0 atom stereocenters. The second-order valence-corrected chi connectivity index (χ2v) is 4.43. The second-order valence-electron chi connectivity index (χ2n) is 4.43. The largest absolute Gasteiger partial charge is 0.496 e. The number of hydrogen-bond donors (Lipinski definition) is 2. The highest BCUT2D eigenvalue weighted by atomic mass is 16.5. The Labute approximate surface area is 120 Å². The van der Waals surface area contributed by atoms with E-state index in [9.17, 15) is 4.79 Å². The van der Waals surface area contributed by atoms with Crippen molar-refractivity contribution in [2.75, 3.05) is 40.5 Å². The summed E-state index contributed by atoms with van der Waals surface area (Å²) >= 11 is 0. The molecular weight excluding hydrogens is 256 g/mol. The lowest BCUT2D eigenvalue weighted by molar-refractivity contribution is -0.120. The second kappa shape index (κ2) is 10.2. The van der Waals surface area contributed by atoms with Crippen molar-refractivity contribution < 1.29 is 14.3 Å². The number of para-hydroxylation sites is 1. The minimum Gasteiger partial charge on any atom is -0.496 e. The summed E-state index contributed by atoms with van der Waals surface area (Å²) in [6, 6.07) is 7.91. The normalized spacial score (nSPS) is 10.3. The van der Waals surface area contributed by atoms with Crippen LogP contribution in [0.15, 0.2) is 24.3 Å². The topological polar surface area (TPSA) is 59.6 Å². The molecule has 0 bridgehead atoms. The molecule has 2 N–H and O–H groups in total. The lowest BCUT2D eigenvalue weighted by Crippen LogP contribution is -2.35. The molecule has 5 nitrogen and oxygen atoms in total. The fourth-order valence-electron chi connectivity index (χ4n) is 1.84. The third kappa shape index (κ3) is 6.54. The van der Waals surface area contributed by atoms with Crippen molar-refractivity contribution in [1.82, 2.24) is 10.6 Å². The molecule has 0 aliphatic carbocycles. The van der Waals surface area contributed by atoms with E-state index < -0.39 is 0 Å². The first kappa shape index (κ1) is 16.5. The Morgan fingerprint density at radius 3 is 2.75 bits per heavy atom. The summed E-state index contributed by atoms with van der Waals surface area (Å²) in [6.07, 6.45) is 1.67. The Balaban J connectivity index is 2.13. The van der Waals surface area contributed by atoms with Gasteiger partial charge in [0.2, 0.25) is 5.91 Å². The Bertz CT molecular complexity index is 396. The number of amides is 1. The Morgan fingerprint density at radius 2 is 2.00 bits per heavy atom. The predicted octanol–water partition coefficient (Wildman–Crippen LogP) is 0.980. The van der Waals surface area contributed by atoms with Gasteiger partial charge in [0.15, 0.2) is 0 Å². The molecule has 5 heteroatoms. The highest BCUT2D eigenvalue weighted by Gasteiger charge is 2.02. The third-order valence-corrected chi connectivity index (χ3v) is 2.90. The van der Waals surface area contributed by atoms with E-state index in [1.165, 1.54) is 0 Å². The Kier molecular flexibility index (Phi) is 8.42. The van der Waals surface area contributed by atoms with Crippen LogP contribution in [0.4, 0.5) is 0 Å². The van der Waals surface area contributed by atoms with Gasteiger partial charge in [-0.2, -0.15) is 0 Å². The third-order valence-electron chi connectivity index (χ3n) is 2.90. The van der Waals surface area contributed by atoms with Gasteiger partial charge in [-0.05, 0) is 31.0 Å². The molecule has 0 fully saturated rings. The van der Waals surface area contributed by atoms with Gasteiger partial charge in [0, 0.05) is 20.3 Å². The number of hydrogen-bond acceptors (Lipinski definition) is 4. The van der Waals surface area contributed by atoms with Gasteiger partial charge >= 0.3 is 0 Å². The van der Waals surface area contributed by atoms with Crippen LogP contribution in [0, 0.1) is 0 Å². The van der Waals surface area contributed by atoms with E-state index in [1.54, 1.807) is 14.2 Å². The number of nitrogens with one attached hydrogen (secondary N) is 2. The first-order valence-electron chi connectivity index (χ1n) is 6.86. The van der Waals surface area contributed by atoms with Crippen LogP contribution >= 0.6 is 0 Å². The summed E-state index contributed by atoms with van der Waals surface area (Å²) in [4.78, 5) is 11.5. The van der Waals surface area contributed by atoms with Gasteiger partial charge in [-0.1, -0.05) is 18.2 Å². The van der Waals surface area contributed by atoms with Gasteiger partial charge in [0.25, 0.3) is 0 Å². The molecular formula is C15H24N2O3. The quantitative estimate of drug-likeness (QED) is 0.627. The van der Waals surface area contributed by atoms with Crippen molar-refractivity contribution in [3.05, 3.63) is 29.8 Å². The molecule has 0 saturated carbocycles. The maximum absolute atomic E-state index is 11.5. The SMILES string of the molecule is COCCCNC(=O)CNCCc1ccccc1OC. The molecule has 0 aliphatic rings. The van der Waals surface area contributed by atoms with Crippen molar-refractivity contribution in [2.24, 2.45) is 0 Å². The number of carbonyl (C=O) groups excluding carboxylic acids is 1. The number of ether oxygens (including phenoxy) is 2. The summed E-state index contributed by atoms with van der Waals surface area (Å²) in [6.45, 7) is 2.40. The molecule has 0 aromatic heterocycles. The molecule has 0 saturated heterocycles. The number of carbonyl (C=O) groups is 1. The van der Waals surface area contributed by atoms with Crippen LogP contribution in [0.2, 0.25) is 0 Å². The van der Waals surface area contributed by atoms with E-state index in [1.807, 2.05) is 24.3 Å². The van der Waals surface area contributed by atoms with Crippen LogP contribution in [0.3, 0.4) is 0 Å². The van der Waals surface area contributed by atoms with Crippen molar-refractivity contribution in [2.45, 2.75) is 12.8 Å². The molecule has 0 radical (unpaired) electrons. The maximum Gasteiger partial charge on any atom is 0.233 e. The average molecular weight is 280 g/mol. The zero-order valence-corrected chi connectivity index (χ0v) is 12.3. The summed E-state index contributed by atoms with van der Waals surface area (Å²) in [5, 5.41) is 5.96. The summed E-state index contributed by atoms with van der Waals surface area (Å²) in [5.41, 5.74) is 1.14. The number of rotatable bonds is 10. The molecule has 1 aromatic rings. The van der Waals surface area contributed by atoms with E-state index in [0.717, 1.165) is 30.7 Å². The summed E-state index contributed by atoms with van der Waals surface area (Å²) in [7, 11) is 3.32. The molecule has 1 aromatic carbocycles. The van der Waals surface area contributed by atoms with Crippen molar-refractivity contribution >= 4 is 5.91 Å². The fraction of sp³-hybridized carbons (Fsp3) is 0.533. The van der Waals surface area contributed by atoms with Crippen LogP contribution in [0.1, 0.15) is 12.0 Å². The van der Waals surface area contributed by atoms with Gasteiger partial charge in [0.1, 0.15) is 5.75 Å². The zero-order chi connectivity index (χ0) is 14.6. The minimum absolute atomic E-state index is 0.0149. The maximum atomic E-state index is 11.5. The van der Waals surface area contributed by atoms with Crippen molar-refractivity contribution in [1.29, 1.82) is 0 Å². The van der Waals surface area contributed by atoms with E-state index in [-0.39, 0.29) is 5.91 Å². The van der Waals surface area contributed by atoms with E-state index in [0.29, 0.717) is 19.7 Å². The van der Waals surface area contributed by atoms with Crippen LogP contribution in [-0.4, -0.2) is 46.4 Å². The predicted molar refractivity (Wildman–Crippen MR) is 79.1 cm³/mol. The highest BCUT2D eigenvalue weighted by Crippen LogP contribution is 2.16. The van der Waals surface area contributed by atoms with Crippen LogP contribution in [0.25, 0.3) is 0 Å². The van der Waals surface area contributed by atoms with Gasteiger partial charge in [-0.3, -0.25) is 4.79 Å². The van der Waals surface area contributed by atoms with E-state index in [2.05, 4.69) is 10.6 Å². The fourth-order valence-corrected chi connectivity index (χ4v) is 1.84. The van der Waals surface area contributed by atoms with Gasteiger partial charge in [0.05, 0.1) is 13.7 Å². The molecule has 0 heterocycles. The molecule has 0 spiro atoms. The first-order valence-corrected chi connectivity index (χ1v) is 6.86. The van der Waals surface area contributed by atoms with Gasteiger partial charge in [-0.15, -0.1) is 0 Å². The summed E-state index contributed by atoms with van der Waals surface area (Å²) < 4.78 is 10.2. The highest BCUT2D eigenvalue weighted by molar-refractivity contribution is 5.77. The smallest absolute Gasteiger partial charge is 0.233 e. The molecule has 20 heavy (non-hydrogen) atoms. The van der Waals surface area contributed by atoms with Crippen LogP contribution in [0.5, 0.6) is 5.75 Å². The van der Waals surface area contributed by atoms with Crippen LogP contribution < -0.4 is 15.4 Å². The lowest BCUT2D eigenvalue weighted by Gasteiger charge is -2.09. The monoisotopic (exact) mass is 280 g/mol. The average Bonchev–Trinajstić information content (AvgIpc) is 2.48. The number of methoxy groups -OCH3 is 2. The summed E-state index contributed by atoms with van der Waals surface area (Å²) in [5.74, 6) is 0.902. The van der Waals surface area contributed by atoms with Gasteiger partial charge < -0.3 is 20.1 Å². The molecule has 1 rings (SSSR count). The zero-order valence-electron chi connectivity index (χ0n) is 12.3. The molecule has 112 valence electrons. The standard InChI is InChI=1S/C15H24N2O3/c1-19-11-5-9-17-15(18)12-16-10-8-13-6-3-4-7-14(13)20-2/h3-4,6-7,16H,5,8-12H2,1-2H3,(H,17,18).